The summed E-state index contributed by atoms with van der Waals surface area (Å²) in [5.74, 6) is -0.875. The average molecular weight is 289 g/mol. The van der Waals surface area contributed by atoms with E-state index in [1.165, 1.54) is 17.2 Å². The second-order valence-electron chi connectivity index (χ2n) is 4.53. The molecule has 0 spiro atoms. The van der Waals surface area contributed by atoms with E-state index >= 15 is 0 Å². The summed E-state index contributed by atoms with van der Waals surface area (Å²) in [6, 6.07) is 8.65. The normalized spacial score (nSPS) is 10.2. The number of aromatic nitrogens is 1. The Balaban J connectivity index is 2.22. The Morgan fingerprint density at radius 1 is 1.38 bits per heavy atom. The summed E-state index contributed by atoms with van der Waals surface area (Å²) in [5, 5.41) is 0. The number of para-hydroxylation sites is 1. The van der Waals surface area contributed by atoms with Crippen LogP contribution in [0.15, 0.2) is 36.5 Å². The molecular formula is C15H16FN3O2. The smallest absolute Gasteiger partial charge is 0.257 e. The van der Waals surface area contributed by atoms with E-state index in [0.29, 0.717) is 12.3 Å². The molecule has 0 atom stereocenters. The van der Waals surface area contributed by atoms with Crippen LogP contribution in [0.4, 0.5) is 10.2 Å². The highest BCUT2D eigenvalue weighted by Crippen LogP contribution is 2.20. The van der Waals surface area contributed by atoms with E-state index in [0.717, 1.165) is 5.56 Å². The summed E-state index contributed by atoms with van der Waals surface area (Å²) in [4.78, 5) is 17.3. The topological polar surface area (TPSA) is 68.5 Å². The number of halogens is 1. The zero-order valence-corrected chi connectivity index (χ0v) is 11.8. The van der Waals surface area contributed by atoms with Crippen molar-refractivity contribution in [3.8, 4) is 5.75 Å². The predicted molar refractivity (Wildman–Crippen MR) is 77.4 cm³/mol. The number of ether oxygens (including phenoxy) is 1. The largest absolute Gasteiger partial charge is 0.496 e. The fourth-order valence-electron chi connectivity index (χ4n) is 1.99. The number of nitrogens with two attached hydrogens (primary N) is 1. The van der Waals surface area contributed by atoms with Gasteiger partial charge in [0.25, 0.3) is 5.91 Å². The van der Waals surface area contributed by atoms with Crippen LogP contribution >= 0.6 is 0 Å². The maximum absolute atomic E-state index is 13.8. The van der Waals surface area contributed by atoms with Gasteiger partial charge in [-0.25, -0.2) is 9.37 Å². The number of carbonyl (C=O) groups is 1. The molecule has 0 unspecified atom stereocenters. The number of amides is 1. The summed E-state index contributed by atoms with van der Waals surface area (Å²) in [7, 11) is 3.15. The molecule has 0 aliphatic heterocycles. The molecule has 1 heterocycles. The van der Waals surface area contributed by atoms with E-state index in [-0.39, 0.29) is 11.4 Å². The van der Waals surface area contributed by atoms with Crippen molar-refractivity contribution in [3.63, 3.8) is 0 Å². The Morgan fingerprint density at radius 2 is 2.10 bits per heavy atom. The highest BCUT2D eigenvalue weighted by Gasteiger charge is 2.19. The van der Waals surface area contributed by atoms with E-state index < -0.39 is 11.7 Å². The van der Waals surface area contributed by atoms with Crippen molar-refractivity contribution in [1.82, 2.24) is 9.88 Å². The zero-order chi connectivity index (χ0) is 15.4. The van der Waals surface area contributed by atoms with Gasteiger partial charge in [0.05, 0.1) is 12.7 Å². The first-order valence-electron chi connectivity index (χ1n) is 6.32. The molecule has 0 aliphatic rings. The molecule has 5 nitrogen and oxygen atoms in total. The van der Waals surface area contributed by atoms with Crippen molar-refractivity contribution in [1.29, 1.82) is 0 Å². The molecule has 1 aromatic heterocycles. The van der Waals surface area contributed by atoms with E-state index in [4.69, 9.17) is 10.5 Å². The number of carbonyl (C=O) groups excluding carboxylic acids is 1. The third kappa shape index (κ3) is 3.10. The molecule has 0 aliphatic carbocycles. The van der Waals surface area contributed by atoms with Crippen molar-refractivity contribution >= 4 is 11.7 Å². The Hall–Kier alpha value is -2.63. The standard InChI is InChI=1S/C15H16FN3O2/c1-19(9-10-5-3-4-6-12(10)21-2)15(20)11-7-8-18-14(17)13(11)16/h3-8H,9H2,1-2H3,(H2,17,18). The SMILES string of the molecule is COc1ccccc1CN(C)C(=O)c1ccnc(N)c1F. The van der Waals surface area contributed by atoms with Gasteiger partial charge in [-0.05, 0) is 12.1 Å². The lowest BCUT2D eigenvalue weighted by atomic mass is 10.1. The van der Waals surface area contributed by atoms with Gasteiger partial charge in [0.15, 0.2) is 11.6 Å². The van der Waals surface area contributed by atoms with Crippen LogP contribution in [0.2, 0.25) is 0 Å². The first kappa shape index (κ1) is 14.8. The second-order valence-corrected chi connectivity index (χ2v) is 4.53. The van der Waals surface area contributed by atoms with Crippen molar-refractivity contribution in [2.45, 2.75) is 6.54 Å². The lowest BCUT2D eigenvalue weighted by Crippen LogP contribution is -2.27. The number of rotatable bonds is 4. The molecule has 0 bridgehead atoms. The summed E-state index contributed by atoms with van der Waals surface area (Å²) in [6.45, 7) is 0.296. The van der Waals surface area contributed by atoms with Crippen LogP contribution in [0.25, 0.3) is 0 Å². The Labute approximate surface area is 122 Å². The van der Waals surface area contributed by atoms with Gasteiger partial charge in [0.1, 0.15) is 5.75 Å². The number of pyridine rings is 1. The molecule has 1 aromatic carbocycles. The van der Waals surface area contributed by atoms with Gasteiger partial charge in [0.2, 0.25) is 0 Å². The molecule has 2 N–H and O–H groups in total. The van der Waals surface area contributed by atoms with Crippen LogP contribution in [-0.4, -0.2) is 29.9 Å². The van der Waals surface area contributed by atoms with Crippen molar-refractivity contribution in [3.05, 3.63) is 53.5 Å². The van der Waals surface area contributed by atoms with E-state index in [9.17, 15) is 9.18 Å². The molecule has 2 rings (SSSR count). The minimum Gasteiger partial charge on any atom is -0.496 e. The number of anilines is 1. The molecule has 110 valence electrons. The Bertz CT molecular complexity index is 661. The average Bonchev–Trinajstić information content (AvgIpc) is 2.50. The summed E-state index contributed by atoms with van der Waals surface area (Å²) in [5.41, 5.74) is 6.11. The van der Waals surface area contributed by atoms with Crippen LogP contribution in [-0.2, 0) is 6.54 Å². The van der Waals surface area contributed by atoms with Crippen LogP contribution in [0, 0.1) is 5.82 Å². The Morgan fingerprint density at radius 3 is 2.81 bits per heavy atom. The van der Waals surface area contributed by atoms with Crippen molar-refractivity contribution in [2.24, 2.45) is 0 Å². The number of nitrogen functional groups attached to an aromatic ring is 1. The minimum atomic E-state index is -0.797. The zero-order valence-electron chi connectivity index (χ0n) is 11.8. The number of benzene rings is 1. The predicted octanol–water partition coefficient (Wildman–Crippen LogP) is 2.08. The minimum absolute atomic E-state index is 0.0973. The summed E-state index contributed by atoms with van der Waals surface area (Å²) < 4.78 is 19.1. The van der Waals surface area contributed by atoms with E-state index in [1.54, 1.807) is 20.2 Å². The summed E-state index contributed by atoms with van der Waals surface area (Å²) in [6.07, 6.45) is 1.31. The third-order valence-electron chi connectivity index (χ3n) is 3.09. The second kappa shape index (κ2) is 6.21. The quantitative estimate of drug-likeness (QED) is 0.935. The van der Waals surface area contributed by atoms with Gasteiger partial charge in [-0.3, -0.25) is 4.79 Å². The maximum atomic E-state index is 13.8. The highest BCUT2D eigenvalue weighted by molar-refractivity contribution is 5.94. The Kier molecular flexibility index (Phi) is 4.37. The fraction of sp³-hybridized carbons (Fsp3) is 0.200. The van der Waals surface area contributed by atoms with Gasteiger partial charge in [-0.1, -0.05) is 18.2 Å². The van der Waals surface area contributed by atoms with E-state index in [2.05, 4.69) is 4.98 Å². The molecule has 21 heavy (non-hydrogen) atoms. The number of methoxy groups -OCH3 is 1. The van der Waals surface area contributed by atoms with Gasteiger partial charge < -0.3 is 15.4 Å². The first-order chi connectivity index (χ1) is 10.0. The molecule has 0 saturated heterocycles. The monoisotopic (exact) mass is 289 g/mol. The van der Waals surface area contributed by atoms with Crippen LogP contribution < -0.4 is 10.5 Å². The van der Waals surface area contributed by atoms with E-state index in [1.807, 2.05) is 18.2 Å². The van der Waals surface area contributed by atoms with Gasteiger partial charge in [-0.15, -0.1) is 0 Å². The third-order valence-corrected chi connectivity index (χ3v) is 3.09. The maximum Gasteiger partial charge on any atom is 0.257 e. The van der Waals surface area contributed by atoms with Crippen LogP contribution in [0.1, 0.15) is 15.9 Å². The highest BCUT2D eigenvalue weighted by atomic mass is 19.1. The van der Waals surface area contributed by atoms with Gasteiger partial charge >= 0.3 is 0 Å². The first-order valence-corrected chi connectivity index (χ1v) is 6.32. The van der Waals surface area contributed by atoms with Crippen LogP contribution in [0.3, 0.4) is 0 Å². The van der Waals surface area contributed by atoms with Gasteiger partial charge in [0, 0.05) is 25.4 Å². The molecule has 0 saturated carbocycles. The lowest BCUT2D eigenvalue weighted by molar-refractivity contribution is 0.0779. The molecule has 6 heteroatoms. The molecule has 0 fully saturated rings. The molecule has 2 aromatic rings. The number of hydrogen-bond donors (Lipinski definition) is 1. The lowest BCUT2D eigenvalue weighted by Gasteiger charge is -2.19. The van der Waals surface area contributed by atoms with Gasteiger partial charge in [-0.2, -0.15) is 0 Å². The van der Waals surface area contributed by atoms with Crippen LogP contribution in [0.5, 0.6) is 5.75 Å². The van der Waals surface area contributed by atoms with Crippen molar-refractivity contribution in [2.75, 3.05) is 19.9 Å². The molecule has 1 amide bonds. The van der Waals surface area contributed by atoms with Crippen molar-refractivity contribution < 1.29 is 13.9 Å². The fourth-order valence-corrected chi connectivity index (χ4v) is 1.99. The summed E-state index contributed by atoms with van der Waals surface area (Å²) >= 11 is 0. The number of nitrogens with zero attached hydrogens (tertiary/aromatic N) is 2. The molecular weight excluding hydrogens is 273 g/mol. The number of hydrogen-bond acceptors (Lipinski definition) is 4. The molecule has 0 radical (unpaired) electrons.